The summed E-state index contributed by atoms with van der Waals surface area (Å²) in [5.74, 6) is 0.356. The van der Waals surface area contributed by atoms with Crippen LogP contribution in [0.3, 0.4) is 0 Å². The van der Waals surface area contributed by atoms with Gasteiger partial charge in [0.15, 0.2) is 0 Å². The number of benzene rings is 1. The lowest BCUT2D eigenvalue weighted by molar-refractivity contribution is 0.0655. The Kier molecular flexibility index (Phi) is 4.68. The summed E-state index contributed by atoms with van der Waals surface area (Å²) in [6.45, 7) is 3.50. The number of halogens is 1. The number of carbonyl (C=O) groups excluding carboxylic acids is 1. The molecule has 3 N–H and O–H groups in total. The number of amides is 1. The van der Waals surface area contributed by atoms with Crippen LogP contribution in [0.1, 0.15) is 30.3 Å². The molecule has 2 atom stereocenters. The summed E-state index contributed by atoms with van der Waals surface area (Å²) >= 11 is 5.90. The maximum absolute atomic E-state index is 12.7. The van der Waals surface area contributed by atoms with Crippen molar-refractivity contribution in [2.75, 3.05) is 13.1 Å². The van der Waals surface area contributed by atoms with Crippen molar-refractivity contribution in [3.63, 3.8) is 0 Å². The van der Waals surface area contributed by atoms with Gasteiger partial charge in [-0.05, 0) is 43.9 Å². The Morgan fingerprint density at radius 1 is 1.43 bits per heavy atom. The number of nitrogens with zero attached hydrogens (tertiary/aromatic N) is 2. The van der Waals surface area contributed by atoms with Gasteiger partial charge in [-0.25, -0.2) is 0 Å². The topological polar surface area (TPSA) is 75.0 Å². The van der Waals surface area contributed by atoms with E-state index in [0.29, 0.717) is 23.2 Å². The van der Waals surface area contributed by atoms with Crippen LogP contribution in [0.5, 0.6) is 0 Å². The molecule has 122 valence electrons. The number of carbonyl (C=O) groups is 1. The number of aromatic nitrogens is 2. The fraction of sp³-hybridized carbons (Fsp3) is 0.412. The molecule has 3 rings (SSSR count). The lowest BCUT2D eigenvalue weighted by Gasteiger charge is -2.34. The van der Waals surface area contributed by atoms with E-state index in [2.05, 4.69) is 10.2 Å². The van der Waals surface area contributed by atoms with Crippen molar-refractivity contribution in [3.05, 3.63) is 41.0 Å². The van der Waals surface area contributed by atoms with Crippen LogP contribution in [0.25, 0.3) is 11.3 Å². The van der Waals surface area contributed by atoms with Crippen molar-refractivity contribution in [2.45, 2.75) is 25.8 Å². The van der Waals surface area contributed by atoms with E-state index >= 15 is 0 Å². The molecular weight excluding hydrogens is 312 g/mol. The van der Waals surface area contributed by atoms with E-state index in [9.17, 15) is 4.79 Å². The Morgan fingerprint density at radius 2 is 2.17 bits per heavy atom. The third-order valence-electron chi connectivity index (χ3n) is 4.44. The van der Waals surface area contributed by atoms with Gasteiger partial charge in [-0.1, -0.05) is 23.7 Å². The van der Waals surface area contributed by atoms with Crippen molar-refractivity contribution < 1.29 is 4.79 Å². The zero-order valence-corrected chi connectivity index (χ0v) is 13.9. The number of nitrogens with two attached hydrogens (primary N) is 1. The molecular formula is C17H21ClN4O. The quantitative estimate of drug-likeness (QED) is 0.907. The third kappa shape index (κ3) is 3.57. The monoisotopic (exact) mass is 332 g/mol. The van der Waals surface area contributed by atoms with Crippen LogP contribution in [-0.2, 0) is 0 Å². The molecule has 5 nitrogen and oxygen atoms in total. The average molecular weight is 333 g/mol. The van der Waals surface area contributed by atoms with Gasteiger partial charge in [-0.15, -0.1) is 0 Å². The van der Waals surface area contributed by atoms with Gasteiger partial charge in [0.25, 0.3) is 5.91 Å². The van der Waals surface area contributed by atoms with E-state index < -0.39 is 0 Å². The molecule has 6 heteroatoms. The van der Waals surface area contributed by atoms with Gasteiger partial charge in [0, 0.05) is 29.7 Å². The number of hydrogen-bond acceptors (Lipinski definition) is 3. The van der Waals surface area contributed by atoms with Crippen molar-refractivity contribution in [3.8, 4) is 11.3 Å². The average Bonchev–Trinajstić information content (AvgIpc) is 3.05. The van der Waals surface area contributed by atoms with E-state index in [0.717, 1.165) is 30.6 Å². The summed E-state index contributed by atoms with van der Waals surface area (Å²) in [5, 5.41) is 7.78. The number of hydrogen-bond donors (Lipinski definition) is 2. The first-order chi connectivity index (χ1) is 11.0. The summed E-state index contributed by atoms with van der Waals surface area (Å²) in [6.07, 6.45) is 2.08. The molecule has 1 saturated heterocycles. The van der Waals surface area contributed by atoms with Gasteiger partial charge in [0.1, 0.15) is 5.69 Å². The fourth-order valence-electron chi connectivity index (χ4n) is 2.99. The minimum absolute atomic E-state index is 0.0111. The number of piperidine rings is 1. The minimum atomic E-state index is -0.0111. The Bertz CT molecular complexity index is 680. The number of H-pyrrole nitrogens is 1. The van der Waals surface area contributed by atoms with E-state index in [1.807, 2.05) is 36.1 Å². The number of rotatable bonds is 3. The second-order valence-electron chi connectivity index (χ2n) is 6.19. The smallest absolute Gasteiger partial charge is 0.271 e. The van der Waals surface area contributed by atoms with Crippen molar-refractivity contribution in [1.82, 2.24) is 15.1 Å². The molecule has 1 fully saturated rings. The first-order valence-electron chi connectivity index (χ1n) is 7.91. The standard InChI is InChI=1S/C17H21ClN4O/c1-11(19)13-3-2-8-22(10-13)17(23)16-9-15(20-21-16)12-4-6-14(18)7-5-12/h4-7,9,11,13H,2-3,8,10,19H2,1H3,(H,20,21). The lowest BCUT2D eigenvalue weighted by atomic mass is 9.92. The summed E-state index contributed by atoms with van der Waals surface area (Å²) in [6, 6.07) is 9.30. The molecule has 2 unspecified atom stereocenters. The first kappa shape index (κ1) is 16.0. The van der Waals surface area contributed by atoms with Crippen LogP contribution in [-0.4, -0.2) is 40.1 Å². The lowest BCUT2D eigenvalue weighted by Crippen LogP contribution is -2.45. The predicted molar refractivity (Wildman–Crippen MR) is 91.3 cm³/mol. The second-order valence-corrected chi connectivity index (χ2v) is 6.62. The van der Waals surface area contributed by atoms with Crippen LogP contribution in [0.15, 0.2) is 30.3 Å². The van der Waals surface area contributed by atoms with Gasteiger partial charge in [0.2, 0.25) is 0 Å². The molecule has 0 bridgehead atoms. The zero-order chi connectivity index (χ0) is 16.4. The van der Waals surface area contributed by atoms with E-state index in [4.69, 9.17) is 17.3 Å². The number of nitrogens with one attached hydrogen (secondary N) is 1. The largest absolute Gasteiger partial charge is 0.337 e. The van der Waals surface area contributed by atoms with Crippen LogP contribution in [0, 0.1) is 5.92 Å². The molecule has 1 aromatic carbocycles. The van der Waals surface area contributed by atoms with Crippen molar-refractivity contribution >= 4 is 17.5 Å². The molecule has 0 aliphatic carbocycles. The fourth-order valence-corrected chi connectivity index (χ4v) is 3.12. The summed E-state index contributed by atoms with van der Waals surface area (Å²) < 4.78 is 0. The number of likely N-dealkylation sites (tertiary alicyclic amines) is 1. The molecule has 1 aliphatic rings. The predicted octanol–water partition coefficient (Wildman–Crippen LogP) is 2.93. The summed E-state index contributed by atoms with van der Waals surface area (Å²) in [7, 11) is 0. The first-order valence-corrected chi connectivity index (χ1v) is 8.28. The third-order valence-corrected chi connectivity index (χ3v) is 4.69. The molecule has 0 spiro atoms. The van der Waals surface area contributed by atoms with Crippen LogP contribution in [0.4, 0.5) is 0 Å². The van der Waals surface area contributed by atoms with Crippen LogP contribution in [0.2, 0.25) is 5.02 Å². The molecule has 2 heterocycles. The zero-order valence-electron chi connectivity index (χ0n) is 13.1. The van der Waals surface area contributed by atoms with Gasteiger partial charge >= 0.3 is 0 Å². The highest BCUT2D eigenvalue weighted by Gasteiger charge is 2.27. The number of aromatic amines is 1. The molecule has 1 aromatic heterocycles. The molecule has 1 amide bonds. The Balaban J connectivity index is 1.74. The Labute approximate surface area is 140 Å². The van der Waals surface area contributed by atoms with Gasteiger partial charge in [0.05, 0.1) is 5.69 Å². The molecule has 0 saturated carbocycles. The minimum Gasteiger partial charge on any atom is -0.337 e. The summed E-state index contributed by atoms with van der Waals surface area (Å²) in [4.78, 5) is 14.5. The maximum atomic E-state index is 12.7. The van der Waals surface area contributed by atoms with Crippen LogP contribution < -0.4 is 5.73 Å². The second kappa shape index (κ2) is 6.72. The Morgan fingerprint density at radius 3 is 2.87 bits per heavy atom. The summed E-state index contributed by atoms with van der Waals surface area (Å²) in [5.41, 5.74) is 8.17. The molecule has 1 aliphatic heterocycles. The van der Waals surface area contributed by atoms with E-state index in [-0.39, 0.29) is 11.9 Å². The van der Waals surface area contributed by atoms with Gasteiger partial charge < -0.3 is 10.6 Å². The molecule has 0 radical (unpaired) electrons. The molecule has 2 aromatic rings. The Hall–Kier alpha value is -1.85. The van der Waals surface area contributed by atoms with Crippen molar-refractivity contribution in [1.29, 1.82) is 0 Å². The van der Waals surface area contributed by atoms with Gasteiger partial charge in [-0.2, -0.15) is 5.10 Å². The van der Waals surface area contributed by atoms with E-state index in [1.54, 1.807) is 6.07 Å². The maximum Gasteiger partial charge on any atom is 0.271 e. The van der Waals surface area contributed by atoms with E-state index in [1.165, 1.54) is 0 Å². The molecule has 23 heavy (non-hydrogen) atoms. The SMILES string of the molecule is CC(N)C1CCCN(C(=O)c2cc(-c3ccc(Cl)cc3)n[nH]2)C1. The van der Waals surface area contributed by atoms with Crippen LogP contribution >= 0.6 is 11.6 Å². The highest BCUT2D eigenvalue weighted by atomic mass is 35.5. The highest BCUT2D eigenvalue weighted by Crippen LogP contribution is 2.23. The van der Waals surface area contributed by atoms with Gasteiger partial charge in [-0.3, -0.25) is 9.89 Å². The highest BCUT2D eigenvalue weighted by molar-refractivity contribution is 6.30. The van der Waals surface area contributed by atoms with Crippen molar-refractivity contribution in [2.24, 2.45) is 11.7 Å². The normalized spacial score (nSPS) is 19.6.